The number of fused-ring (bicyclic) bond motifs is 1. The molecule has 1 saturated heterocycles. The van der Waals surface area contributed by atoms with Crippen LogP contribution in [0.4, 0.5) is 0 Å². The first kappa shape index (κ1) is 19.1. The van der Waals surface area contributed by atoms with Gasteiger partial charge in [0.2, 0.25) is 5.91 Å². The Morgan fingerprint density at radius 1 is 1.32 bits per heavy atom. The minimum absolute atomic E-state index is 0.0801. The predicted octanol–water partition coefficient (Wildman–Crippen LogP) is 2.29. The van der Waals surface area contributed by atoms with Gasteiger partial charge < -0.3 is 10.2 Å². The van der Waals surface area contributed by atoms with Gasteiger partial charge in [-0.1, -0.05) is 0 Å². The maximum Gasteiger partial charge on any atom is 0.224 e. The van der Waals surface area contributed by atoms with Crippen molar-refractivity contribution in [2.75, 3.05) is 19.6 Å². The molecule has 1 N–H and O–H groups in total. The average Bonchev–Trinajstić information content (AvgIpc) is 3.06. The fourth-order valence-corrected chi connectivity index (χ4v) is 4.40. The molecule has 0 spiro atoms. The van der Waals surface area contributed by atoms with Gasteiger partial charge in [-0.3, -0.25) is 9.48 Å². The van der Waals surface area contributed by atoms with Crippen LogP contribution in [-0.2, 0) is 17.8 Å². The number of nitrogens with one attached hydrogen (secondary N) is 1. The van der Waals surface area contributed by atoms with Crippen molar-refractivity contribution in [3.8, 4) is 0 Å². The van der Waals surface area contributed by atoms with Gasteiger partial charge in [0.1, 0.15) is 5.82 Å². The second kappa shape index (κ2) is 7.99. The zero-order chi connectivity index (χ0) is 19.7. The monoisotopic (exact) mass is 382 g/mol. The summed E-state index contributed by atoms with van der Waals surface area (Å²) < 4.78 is 1.97. The highest BCUT2D eigenvalue weighted by molar-refractivity contribution is 5.76. The van der Waals surface area contributed by atoms with Crippen LogP contribution >= 0.6 is 0 Å². The zero-order valence-corrected chi connectivity index (χ0v) is 17.1. The summed E-state index contributed by atoms with van der Waals surface area (Å²) >= 11 is 0. The predicted molar refractivity (Wildman–Crippen MR) is 107 cm³/mol. The van der Waals surface area contributed by atoms with E-state index in [0.29, 0.717) is 12.3 Å². The summed E-state index contributed by atoms with van der Waals surface area (Å²) in [4.78, 5) is 24.2. The number of aryl methyl sites for hydroxylation is 2. The minimum Gasteiger partial charge on any atom is -0.343 e. The van der Waals surface area contributed by atoms with E-state index >= 15 is 0 Å². The number of carbonyl (C=O) groups is 1. The van der Waals surface area contributed by atoms with Gasteiger partial charge in [-0.25, -0.2) is 9.97 Å². The molecule has 1 fully saturated rings. The number of aromatic nitrogens is 4. The maximum atomic E-state index is 12.8. The highest BCUT2D eigenvalue weighted by Gasteiger charge is 2.27. The molecule has 28 heavy (non-hydrogen) atoms. The van der Waals surface area contributed by atoms with Crippen molar-refractivity contribution in [3.63, 3.8) is 0 Å². The molecule has 0 aliphatic carbocycles. The Hall–Kier alpha value is -2.28. The average molecular weight is 383 g/mol. The lowest BCUT2D eigenvalue weighted by Crippen LogP contribution is -2.39. The van der Waals surface area contributed by atoms with Crippen molar-refractivity contribution >= 4 is 5.91 Å². The number of rotatable bonds is 4. The van der Waals surface area contributed by atoms with Crippen molar-refractivity contribution in [3.05, 3.63) is 40.7 Å². The molecule has 4 heterocycles. The molecule has 2 aliphatic rings. The van der Waals surface area contributed by atoms with Crippen molar-refractivity contribution < 1.29 is 4.79 Å². The van der Waals surface area contributed by atoms with E-state index in [1.54, 1.807) is 0 Å². The van der Waals surface area contributed by atoms with Gasteiger partial charge in [0.25, 0.3) is 0 Å². The molecule has 0 aromatic carbocycles. The van der Waals surface area contributed by atoms with Crippen LogP contribution < -0.4 is 5.32 Å². The van der Waals surface area contributed by atoms with Gasteiger partial charge in [-0.2, -0.15) is 5.10 Å². The lowest BCUT2D eigenvalue weighted by atomic mass is 9.95. The van der Waals surface area contributed by atoms with Crippen LogP contribution in [-0.4, -0.2) is 50.2 Å². The van der Waals surface area contributed by atoms with Crippen LogP contribution in [0.5, 0.6) is 0 Å². The summed E-state index contributed by atoms with van der Waals surface area (Å²) in [6.07, 6.45) is 5.34. The summed E-state index contributed by atoms with van der Waals surface area (Å²) in [6, 6.07) is 2.14. The Balaban J connectivity index is 1.33. The van der Waals surface area contributed by atoms with Crippen molar-refractivity contribution in [1.29, 1.82) is 0 Å². The fourth-order valence-electron chi connectivity index (χ4n) is 4.40. The Kier molecular flexibility index (Phi) is 5.44. The minimum atomic E-state index is 0.0801. The zero-order valence-electron chi connectivity index (χ0n) is 17.1. The number of nitrogens with zero attached hydrogens (tertiary/aromatic N) is 5. The largest absolute Gasteiger partial charge is 0.343 e. The standard InChI is InChI=1S/C21H30N6O/c1-14-10-15(2)27(25-14)16(3)11-20(28)26-8-5-17(6-9-26)21-23-13-18-12-22-7-4-19(18)24-21/h10,13,16-17,22H,4-9,11-12H2,1-3H3/t16-/m1/s1. The van der Waals surface area contributed by atoms with Gasteiger partial charge in [-0.05, 0) is 39.7 Å². The van der Waals surface area contributed by atoms with E-state index < -0.39 is 0 Å². The number of piperidine rings is 1. The molecule has 2 aromatic heterocycles. The molecule has 2 aliphatic heterocycles. The van der Waals surface area contributed by atoms with E-state index in [9.17, 15) is 4.79 Å². The first-order valence-electron chi connectivity index (χ1n) is 10.4. The second-order valence-electron chi connectivity index (χ2n) is 8.21. The lowest BCUT2D eigenvalue weighted by molar-refractivity contribution is -0.133. The quantitative estimate of drug-likeness (QED) is 0.878. The van der Waals surface area contributed by atoms with Crippen LogP contribution in [0.3, 0.4) is 0 Å². The van der Waals surface area contributed by atoms with Crippen LogP contribution in [0, 0.1) is 13.8 Å². The molecular weight excluding hydrogens is 352 g/mol. The molecule has 0 radical (unpaired) electrons. The van der Waals surface area contributed by atoms with Crippen molar-refractivity contribution in [2.24, 2.45) is 0 Å². The third-order valence-electron chi connectivity index (χ3n) is 5.97. The number of hydrogen-bond acceptors (Lipinski definition) is 5. The Morgan fingerprint density at radius 2 is 2.11 bits per heavy atom. The summed E-state index contributed by atoms with van der Waals surface area (Å²) in [6.45, 7) is 9.54. The molecule has 0 bridgehead atoms. The van der Waals surface area contributed by atoms with E-state index in [1.165, 1.54) is 11.3 Å². The van der Waals surface area contributed by atoms with Crippen LogP contribution in [0.1, 0.15) is 66.6 Å². The van der Waals surface area contributed by atoms with Crippen LogP contribution in [0.15, 0.2) is 12.3 Å². The van der Waals surface area contributed by atoms with E-state index in [4.69, 9.17) is 4.98 Å². The number of carbonyl (C=O) groups excluding carboxylic acids is 1. The highest BCUT2D eigenvalue weighted by atomic mass is 16.2. The first-order valence-corrected chi connectivity index (χ1v) is 10.4. The molecule has 2 aromatic rings. The number of amides is 1. The molecule has 0 saturated carbocycles. The van der Waals surface area contributed by atoms with E-state index in [0.717, 1.165) is 62.7 Å². The third kappa shape index (κ3) is 3.94. The Labute approximate surface area is 166 Å². The molecule has 7 heteroatoms. The molecule has 7 nitrogen and oxygen atoms in total. The van der Waals surface area contributed by atoms with Crippen molar-refractivity contribution in [1.82, 2.24) is 30.0 Å². The Bertz CT molecular complexity index is 853. The van der Waals surface area contributed by atoms with E-state index in [-0.39, 0.29) is 11.9 Å². The second-order valence-corrected chi connectivity index (χ2v) is 8.21. The molecule has 1 amide bonds. The molecule has 1 atom stereocenters. The summed E-state index contributed by atoms with van der Waals surface area (Å²) in [5.41, 5.74) is 4.52. The van der Waals surface area contributed by atoms with E-state index in [2.05, 4.69) is 28.4 Å². The van der Waals surface area contributed by atoms with Crippen molar-refractivity contribution in [2.45, 2.75) is 65.0 Å². The SMILES string of the molecule is Cc1cc(C)n([C@H](C)CC(=O)N2CCC(c3ncc4c(n3)CCNC4)CC2)n1. The molecule has 150 valence electrons. The smallest absolute Gasteiger partial charge is 0.224 e. The van der Waals surface area contributed by atoms with Gasteiger partial charge in [0.05, 0.1) is 11.7 Å². The first-order chi connectivity index (χ1) is 13.5. The van der Waals surface area contributed by atoms with Crippen LogP contribution in [0.25, 0.3) is 0 Å². The topological polar surface area (TPSA) is 75.9 Å². The lowest BCUT2D eigenvalue weighted by Gasteiger charge is -2.32. The summed E-state index contributed by atoms with van der Waals surface area (Å²) in [5, 5.41) is 7.88. The fraction of sp³-hybridized carbons (Fsp3) is 0.619. The normalized spacial score (nSPS) is 18.8. The van der Waals surface area contributed by atoms with Gasteiger partial charge in [0.15, 0.2) is 0 Å². The number of hydrogen-bond donors (Lipinski definition) is 1. The van der Waals surface area contributed by atoms with E-state index in [1.807, 2.05) is 29.6 Å². The van der Waals surface area contributed by atoms with Gasteiger partial charge in [-0.15, -0.1) is 0 Å². The molecule has 4 rings (SSSR count). The van der Waals surface area contributed by atoms with Gasteiger partial charge in [0, 0.05) is 68.1 Å². The summed E-state index contributed by atoms with van der Waals surface area (Å²) in [5.74, 6) is 1.54. The molecule has 0 unspecified atom stereocenters. The Morgan fingerprint density at radius 3 is 2.82 bits per heavy atom. The van der Waals surface area contributed by atoms with Crippen LogP contribution in [0.2, 0.25) is 0 Å². The van der Waals surface area contributed by atoms with Gasteiger partial charge >= 0.3 is 0 Å². The highest BCUT2D eigenvalue weighted by Crippen LogP contribution is 2.27. The summed E-state index contributed by atoms with van der Waals surface area (Å²) in [7, 11) is 0. The number of likely N-dealkylation sites (tertiary alicyclic amines) is 1. The maximum absolute atomic E-state index is 12.8. The molecular formula is C21H30N6O. The third-order valence-corrected chi connectivity index (χ3v) is 5.97.